The van der Waals surface area contributed by atoms with Crippen LogP contribution in [0.4, 0.5) is 5.69 Å². The zero-order valence-corrected chi connectivity index (χ0v) is 16.4. The first-order valence-electron chi connectivity index (χ1n) is 8.48. The summed E-state index contributed by atoms with van der Waals surface area (Å²) in [5.41, 5.74) is 0.559. The summed E-state index contributed by atoms with van der Waals surface area (Å²) < 4.78 is 1.53. The highest BCUT2D eigenvalue weighted by molar-refractivity contribution is 6.04. The third-order valence-corrected chi connectivity index (χ3v) is 3.84. The molecule has 2 heterocycles. The van der Waals surface area contributed by atoms with Crippen molar-refractivity contribution in [3.63, 3.8) is 0 Å². The first-order chi connectivity index (χ1) is 12.4. The van der Waals surface area contributed by atoms with Crippen LogP contribution in [0.1, 0.15) is 61.3 Å². The molecule has 142 valence electrons. The monoisotopic (exact) mass is 368 g/mol. The van der Waals surface area contributed by atoms with Crippen LogP contribution in [0.15, 0.2) is 24.4 Å². The van der Waals surface area contributed by atoms with Crippen LogP contribution in [-0.4, -0.2) is 32.1 Å². The molecule has 0 aliphatic rings. The van der Waals surface area contributed by atoms with E-state index in [-0.39, 0.29) is 17.0 Å². The molecule has 2 amide bonds. The molecule has 0 bridgehead atoms. The Bertz CT molecular complexity index is 915. The minimum Gasteiger partial charge on any atom is -0.333 e. The van der Waals surface area contributed by atoms with Crippen molar-refractivity contribution in [1.29, 1.82) is 5.26 Å². The Balaban J connectivity index is 2.19. The number of nitrogens with one attached hydrogen (secondary N) is 2. The minimum atomic E-state index is -1.02. The van der Waals surface area contributed by atoms with E-state index in [2.05, 4.69) is 20.7 Å². The van der Waals surface area contributed by atoms with Crippen LogP contribution in [0.25, 0.3) is 0 Å². The number of anilines is 1. The molecule has 2 rings (SSSR count). The van der Waals surface area contributed by atoms with Gasteiger partial charge < -0.3 is 10.6 Å². The lowest BCUT2D eigenvalue weighted by atomic mass is 9.92. The number of aryl methyl sites for hydroxylation is 1. The molecule has 0 atom stereocenters. The normalized spacial score (nSPS) is 11.6. The smallest absolute Gasteiger partial charge is 0.273 e. The van der Waals surface area contributed by atoms with Gasteiger partial charge in [-0.15, -0.1) is 0 Å². The predicted molar refractivity (Wildman–Crippen MR) is 101 cm³/mol. The number of nitriles is 1. The van der Waals surface area contributed by atoms with Crippen molar-refractivity contribution in [3.05, 3.63) is 41.5 Å². The lowest BCUT2D eigenvalue weighted by Gasteiger charge is -2.17. The number of nitrogens with zero attached hydrogens (tertiary/aromatic N) is 4. The van der Waals surface area contributed by atoms with Crippen LogP contribution < -0.4 is 10.6 Å². The van der Waals surface area contributed by atoms with E-state index in [1.165, 1.54) is 16.9 Å². The molecule has 0 saturated carbocycles. The maximum Gasteiger partial charge on any atom is 0.273 e. The standard InChI is InChI=1S/C19H24N6O2/c1-18(2,3)15-10-14(25(6)24-15)17(27)22-12-7-8-21-13(9-12)16(26)23-19(4,5)11-20/h7-10H,1-6H3,(H,23,26)(H,21,22,27). The van der Waals surface area contributed by atoms with Crippen molar-refractivity contribution in [2.45, 2.75) is 45.6 Å². The largest absolute Gasteiger partial charge is 0.333 e. The van der Waals surface area contributed by atoms with Gasteiger partial charge in [0, 0.05) is 24.3 Å². The van der Waals surface area contributed by atoms with Crippen molar-refractivity contribution >= 4 is 17.5 Å². The topological polar surface area (TPSA) is 113 Å². The van der Waals surface area contributed by atoms with E-state index < -0.39 is 11.4 Å². The first-order valence-corrected chi connectivity index (χ1v) is 8.48. The Hall–Kier alpha value is -3.21. The van der Waals surface area contributed by atoms with Crippen LogP contribution in [0.2, 0.25) is 0 Å². The van der Waals surface area contributed by atoms with Gasteiger partial charge in [-0.2, -0.15) is 10.4 Å². The summed E-state index contributed by atoms with van der Waals surface area (Å²) >= 11 is 0. The molecule has 0 aliphatic heterocycles. The summed E-state index contributed by atoms with van der Waals surface area (Å²) in [4.78, 5) is 28.8. The second-order valence-corrected chi connectivity index (χ2v) is 7.86. The molecule has 0 aromatic carbocycles. The van der Waals surface area contributed by atoms with Gasteiger partial charge in [0.1, 0.15) is 16.9 Å². The quantitative estimate of drug-likeness (QED) is 0.860. The first kappa shape index (κ1) is 20.1. The number of hydrogen-bond donors (Lipinski definition) is 2. The van der Waals surface area contributed by atoms with E-state index in [1.54, 1.807) is 33.0 Å². The highest BCUT2D eigenvalue weighted by Gasteiger charge is 2.23. The molecule has 0 spiro atoms. The van der Waals surface area contributed by atoms with E-state index in [0.717, 1.165) is 5.69 Å². The van der Waals surface area contributed by atoms with E-state index in [0.29, 0.717) is 11.4 Å². The molecule has 27 heavy (non-hydrogen) atoms. The van der Waals surface area contributed by atoms with Crippen molar-refractivity contribution in [2.24, 2.45) is 7.05 Å². The van der Waals surface area contributed by atoms with Gasteiger partial charge in [0.05, 0.1) is 11.8 Å². The second-order valence-electron chi connectivity index (χ2n) is 7.86. The molecule has 0 radical (unpaired) electrons. The summed E-state index contributed by atoms with van der Waals surface area (Å²) in [7, 11) is 1.71. The number of pyridine rings is 1. The van der Waals surface area contributed by atoms with Crippen molar-refractivity contribution in [1.82, 2.24) is 20.1 Å². The number of carbonyl (C=O) groups excluding carboxylic acids is 2. The van der Waals surface area contributed by atoms with Crippen LogP contribution in [0, 0.1) is 11.3 Å². The summed E-state index contributed by atoms with van der Waals surface area (Å²) in [5.74, 6) is -0.830. The molecule has 8 heteroatoms. The maximum atomic E-state index is 12.6. The zero-order valence-electron chi connectivity index (χ0n) is 16.4. The van der Waals surface area contributed by atoms with Crippen molar-refractivity contribution < 1.29 is 9.59 Å². The fraction of sp³-hybridized carbons (Fsp3) is 0.421. The van der Waals surface area contributed by atoms with Gasteiger partial charge in [-0.25, -0.2) is 0 Å². The van der Waals surface area contributed by atoms with Gasteiger partial charge in [-0.1, -0.05) is 20.8 Å². The van der Waals surface area contributed by atoms with Crippen LogP contribution in [0.5, 0.6) is 0 Å². The minimum absolute atomic E-state index is 0.108. The molecule has 2 aromatic rings. The van der Waals surface area contributed by atoms with E-state index in [9.17, 15) is 9.59 Å². The molecular weight excluding hydrogens is 344 g/mol. The van der Waals surface area contributed by atoms with Crippen molar-refractivity contribution in [2.75, 3.05) is 5.32 Å². The number of carbonyl (C=O) groups is 2. The average Bonchev–Trinajstić information content (AvgIpc) is 2.97. The Morgan fingerprint density at radius 3 is 2.37 bits per heavy atom. The SMILES string of the molecule is Cn1nc(C(C)(C)C)cc1C(=O)Nc1ccnc(C(=O)NC(C)(C)C#N)c1. The van der Waals surface area contributed by atoms with E-state index in [1.807, 2.05) is 26.8 Å². The lowest BCUT2D eigenvalue weighted by molar-refractivity contribution is 0.0923. The van der Waals surface area contributed by atoms with Crippen molar-refractivity contribution in [3.8, 4) is 6.07 Å². The number of hydrogen-bond acceptors (Lipinski definition) is 5. The molecule has 0 aliphatic carbocycles. The molecule has 0 saturated heterocycles. The highest BCUT2D eigenvalue weighted by Crippen LogP contribution is 2.22. The lowest BCUT2D eigenvalue weighted by Crippen LogP contribution is -2.42. The fourth-order valence-corrected chi connectivity index (χ4v) is 2.25. The Kier molecular flexibility index (Phi) is 5.36. The molecule has 2 aromatic heterocycles. The van der Waals surface area contributed by atoms with Gasteiger partial charge in [-0.3, -0.25) is 19.3 Å². The van der Waals surface area contributed by atoms with E-state index in [4.69, 9.17) is 5.26 Å². The van der Waals surface area contributed by atoms with Gasteiger partial charge >= 0.3 is 0 Å². The maximum absolute atomic E-state index is 12.6. The Morgan fingerprint density at radius 1 is 1.15 bits per heavy atom. The third-order valence-electron chi connectivity index (χ3n) is 3.84. The van der Waals surface area contributed by atoms with E-state index >= 15 is 0 Å². The molecule has 8 nitrogen and oxygen atoms in total. The molecule has 0 fully saturated rings. The number of aromatic nitrogens is 3. The Labute approximate surface area is 158 Å². The third kappa shape index (κ3) is 4.91. The zero-order chi connectivity index (χ0) is 20.4. The number of rotatable bonds is 4. The number of amides is 2. The molecule has 0 unspecified atom stereocenters. The Morgan fingerprint density at radius 2 is 1.81 bits per heavy atom. The van der Waals surface area contributed by atoms with Crippen LogP contribution in [0.3, 0.4) is 0 Å². The fourth-order valence-electron chi connectivity index (χ4n) is 2.25. The average molecular weight is 368 g/mol. The molecular formula is C19H24N6O2. The highest BCUT2D eigenvalue weighted by atomic mass is 16.2. The summed E-state index contributed by atoms with van der Waals surface area (Å²) in [6, 6.07) is 6.79. The van der Waals surface area contributed by atoms with Gasteiger partial charge in [-0.05, 0) is 32.0 Å². The molecule has 2 N–H and O–H groups in total. The predicted octanol–water partition coefficient (Wildman–Crippen LogP) is 2.40. The van der Waals surface area contributed by atoms with Gasteiger partial charge in [0.2, 0.25) is 0 Å². The van der Waals surface area contributed by atoms with Crippen LogP contribution >= 0.6 is 0 Å². The summed E-state index contributed by atoms with van der Waals surface area (Å²) in [6.45, 7) is 9.24. The van der Waals surface area contributed by atoms with Crippen LogP contribution in [-0.2, 0) is 12.5 Å². The summed E-state index contributed by atoms with van der Waals surface area (Å²) in [5, 5.41) is 18.7. The second kappa shape index (κ2) is 7.19. The van der Waals surface area contributed by atoms with Gasteiger partial charge in [0.15, 0.2) is 0 Å². The van der Waals surface area contributed by atoms with Gasteiger partial charge in [0.25, 0.3) is 11.8 Å². The summed E-state index contributed by atoms with van der Waals surface area (Å²) in [6.07, 6.45) is 1.42.